The molecule has 90 valence electrons. The molecule has 0 amide bonds. The van der Waals surface area contributed by atoms with Crippen LogP contribution in [0, 0.1) is 5.41 Å². The van der Waals surface area contributed by atoms with E-state index in [-0.39, 0.29) is 0 Å². The fraction of sp³-hybridized carbons (Fsp3) is 0.400. The van der Waals surface area contributed by atoms with Gasteiger partial charge in [-0.15, -0.1) is 11.3 Å². The largest absolute Gasteiger partial charge is 0.241 e. The van der Waals surface area contributed by atoms with Gasteiger partial charge in [0.25, 0.3) is 0 Å². The SMILES string of the molecule is CC(C)(C)CCc1csc(-c2ccccc2)n1. The summed E-state index contributed by atoms with van der Waals surface area (Å²) in [6.45, 7) is 6.83. The third-order valence-corrected chi connectivity index (χ3v) is 3.64. The molecule has 0 aliphatic rings. The van der Waals surface area contributed by atoms with Crippen LogP contribution >= 0.6 is 11.3 Å². The molecule has 1 aromatic carbocycles. The first-order valence-corrected chi connectivity index (χ1v) is 6.92. The van der Waals surface area contributed by atoms with E-state index in [2.05, 4.69) is 50.4 Å². The summed E-state index contributed by atoms with van der Waals surface area (Å²) in [7, 11) is 0. The lowest BCUT2D eigenvalue weighted by molar-refractivity contribution is 0.377. The van der Waals surface area contributed by atoms with Crippen LogP contribution < -0.4 is 0 Å². The van der Waals surface area contributed by atoms with Crippen molar-refractivity contribution in [1.29, 1.82) is 0 Å². The van der Waals surface area contributed by atoms with Crippen molar-refractivity contribution < 1.29 is 0 Å². The second kappa shape index (κ2) is 5.01. The van der Waals surface area contributed by atoms with Crippen molar-refractivity contribution in [2.75, 3.05) is 0 Å². The van der Waals surface area contributed by atoms with E-state index in [4.69, 9.17) is 4.98 Å². The summed E-state index contributed by atoms with van der Waals surface area (Å²) in [4.78, 5) is 4.70. The maximum absolute atomic E-state index is 4.70. The molecule has 2 aromatic rings. The number of nitrogens with zero attached hydrogens (tertiary/aromatic N) is 1. The van der Waals surface area contributed by atoms with E-state index >= 15 is 0 Å². The zero-order valence-corrected chi connectivity index (χ0v) is 11.6. The predicted molar refractivity (Wildman–Crippen MR) is 75.3 cm³/mol. The van der Waals surface area contributed by atoms with Gasteiger partial charge in [-0.25, -0.2) is 4.98 Å². The Morgan fingerprint density at radius 2 is 1.82 bits per heavy atom. The highest BCUT2D eigenvalue weighted by atomic mass is 32.1. The first kappa shape index (κ1) is 12.3. The van der Waals surface area contributed by atoms with Crippen molar-refractivity contribution >= 4 is 11.3 Å². The van der Waals surface area contributed by atoms with Gasteiger partial charge in [0.15, 0.2) is 0 Å². The van der Waals surface area contributed by atoms with E-state index in [0.717, 1.165) is 11.4 Å². The molecule has 1 nitrogen and oxygen atoms in total. The van der Waals surface area contributed by atoms with Gasteiger partial charge in [0, 0.05) is 10.9 Å². The molecule has 0 unspecified atom stereocenters. The van der Waals surface area contributed by atoms with Crippen LogP contribution in [0.25, 0.3) is 10.6 Å². The summed E-state index contributed by atoms with van der Waals surface area (Å²) in [6, 6.07) is 10.4. The van der Waals surface area contributed by atoms with Crippen molar-refractivity contribution in [1.82, 2.24) is 4.98 Å². The summed E-state index contributed by atoms with van der Waals surface area (Å²) < 4.78 is 0. The molecule has 0 spiro atoms. The van der Waals surface area contributed by atoms with Crippen LogP contribution in [-0.2, 0) is 6.42 Å². The fourth-order valence-electron chi connectivity index (χ4n) is 1.64. The van der Waals surface area contributed by atoms with E-state index in [1.54, 1.807) is 11.3 Å². The summed E-state index contributed by atoms with van der Waals surface area (Å²) in [5.41, 5.74) is 2.83. The first-order chi connectivity index (χ1) is 8.04. The minimum Gasteiger partial charge on any atom is -0.241 e. The Bertz CT molecular complexity index is 465. The summed E-state index contributed by atoms with van der Waals surface area (Å²) >= 11 is 1.74. The molecule has 1 heterocycles. The normalized spacial score (nSPS) is 11.7. The number of benzene rings is 1. The lowest BCUT2D eigenvalue weighted by Crippen LogP contribution is -2.06. The highest BCUT2D eigenvalue weighted by molar-refractivity contribution is 7.13. The molecule has 2 heteroatoms. The van der Waals surface area contributed by atoms with E-state index in [1.165, 1.54) is 17.7 Å². The lowest BCUT2D eigenvalue weighted by Gasteiger charge is -2.16. The molecule has 0 aliphatic carbocycles. The molecule has 17 heavy (non-hydrogen) atoms. The Morgan fingerprint density at radius 3 is 2.47 bits per heavy atom. The maximum Gasteiger partial charge on any atom is 0.123 e. The summed E-state index contributed by atoms with van der Waals surface area (Å²) in [5.74, 6) is 0. The molecule has 0 atom stereocenters. The predicted octanol–water partition coefficient (Wildman–Crippen LogP) is 4.79. The van der Waals surface area contributed by atoms with E-state index in [0.29, 0.717) is 5.41 Å². The molecule has 0 aliphatic heterocycles. The van der Waals surface area contributed by atoms with Gasteiger partial charge in [-0.3, -0.25) is 0 Å². The number of rotatable bonds is 3. The second-order valence-corrected chi connectivity index (χ2v) is 6.43. The standard InChI is InChI=1S/C15H19NS/c1-15(2,3)10-9-13-11-17-14(16-13)12-7-5-4-6-8-12/h4-8,11H,9-10H2,1-3H3. The topological polar surface area (TPSA) is 12.9 Å². The van der Waals surface area contributed by atoms with Gasteiger partial charge in [0.05, 0.1) is 5.69 Å². The van der Waals surface area contributed by atoms with Crippen molar-refractivity contribution in [2.45, 2.75) is 33.6 Å². The van der Waals surface area contributed by atoms with Crippen LogP contribution in [0.3, 0.4) is 0 Å². The zero-order chi connectivity index (χ0) is 12.3. The summed E-state index contributed by atoms with van der Waals surface area (Å²) in [6.07, 6.45) is 2.26. The fourth-order valence-corrected chi connectivity index (χ4v) is 2.50. The van der Waals surface area contributed by atoms with Crippen LogP contribution in [0.15, 0.2) is 35.7 Å². The Kier molecular flexibility index (Phi) is 3.63. The quantitative estimate of drug-likeness (QED) is 0.757. The molecule has 0 bridgehead atoms. The highest BCUT2D eigenvalue weighted by Crippen LogP contribution is 2.26. The summed E-state index contributed by atoms with van der Waals surface area (Å²) in [5, 5.41) is 3.32. The minimum absolute atomic E-state index is 0.385. The molecule has 0 N–H and O–H groups in total. The Hall–Kier alpha value is -1.15. The van der Waals surface area contributed by atoms with Crippen molar-refractivity contribution in [3.05, 3.63) is 41.4 Å². The van der Waals surface area contributed by atoms with Crippen molar-refractivity contribution in [3.63, 3.8) is 0 Å². The molecule has 1 aromatic heterocycles. The molecular formula is C15H19NS. The average molecular weight is 245 g/mol. The monoisotopic (exact) mass is 245 g/mol. The molecule has 0 radical (unpaired) electrons. The molecule has 0 saturated heterocycles. The van der Waals surface area contributed by atoms with Gasteiger partial charge in [0.1, 0.15) is 5.01 Å². The van der Waals surface area contributed by atoms with Crippen molar-refractivity contribution in [2.24, 2.45) is 5.41 Å². The van der Waals surface area contributed by atoms with Crippen LogP contribution in [-0.4, -0.2) is 4.98 Å². The minimum atomic E-state index is 0.385. The molecular weight excluding hydrogens is 226 g/mol. The van der Waals surface area contributed by atoms with Gasteiger partial charge in [-0.1, -0.05) is 51.1 Å². The molecule has 2 rings (SSSR count). The second-order valence-electron chi connectivity index (χ2n) is 5.57. The third kappa shape index (κ3) is 3.67. The van der Waals surface area contributed by atoms with Gasteiger partial charge in [-0.2, -0.15) is 0 Å². The van der Waals surface area contributed by atoms with Gasteiger partial charge >= 0.3 is 0 Å². The first-order valence-electron chi connectivity index (χ1n) is 6.04. The third-order valence-electron chi connectivity index (χ3n) is 2.70. The average Bonchev–Trinajstić information content (AvgIpc) is 2.75. The number of aryl methyl sites for hydroxylation is 1. The van der Waals surface area contributed by atoms with Crippen LogP contribution in [0.2, 0.25) is 0 Å². The van der Waals surface area contributed by atoms with Crippen LogP contribution in [0.5, 0.6) is 0 Å². The van der Waals surface area contributed by atoms with Crippen LogP contribution in [0.1, 0.15) is 32.9 Å². The maximum atomic E-state index is 4.70. The number of hydrogen-bond donors (Lipinski definition) is 0. The Labute approximate surface area is 108 Å². The zero-order valence-electron chi connectivity index (χ0n) is 10.7. The molecule has 0 fully saturated rings. The van der Waals surface area contributed by atoms with E-state index in [1.807, 2.05) is 6.07 Å². The smallest absolute Gasteiger partial charge is 0.123 e. The number of aromatic nitrogens is 1. The van der Waals surface area contributed by atoms with Gasteiger partial charge in [-0.05, 0) is 18.3 Å². The Morgan fingerprint density at radius 1 is 1.12 bits per heavy atom. The van der Waals surface area contributed by atoms with Crippen LogP contribution in [0.4, 0.5) is 0 Å². The van der Waals surface area contributed by atoms with Gasteiger partial charge in [0.2, 0.25) is 0 Å². The molecule has 0 saturated carbocycles. The van der Waals surface area contributed by atoms with E-state index < -0.39 is 0 Å². The highest BCUT2D eigenvalue weighted by Gasteiger charge is 2.11. The Balaban J connectivity index is 2.07. The van der Waals surface area contributed by atoms with E-state index in [9.17, 15) is 0 Å². The van der Waals surface area contributed by atoms with Crippen molar-refractivity contribution in [3.8, 4) is 10.6 Å². The number of thiazole rings is 1. The van der Waals surface area contributed by atoms with Gasteiger partial charge < -0.3 is 0 Å². The lowest BCUT2D eigenvalue weighted by atomic mass is 9.90. The number of hydrogen-bond acceptors (Lipinski definition) is 2.